The van der Waals surface area contributed by atoms with Crippen LogP contribution in [-0.4, -0.2) is 37.6 Å². The van der Waals surface area contributed by atoms with Crippen molar-refractivity contribution in [3.05, 3.63) is 0 Å². The Morgan fingerprint density at radius 1 is 0.306 bits per heavy atom. The van der Waals surface area contributed by atoms with Gasteiger partial charge in [0.05, 0.1) is 0 Å². The van der Waals surface area contributed by atoms with Crippen molar-refractivity contribution in [2.24, 2.45) is 11.5 Å². The zero-order valence-corrected chi connectivity index (χ0v) is 25.2. The van der Waals surface area contributed by atoms with E-state index in [0.29, 0.717) is 0 Å². The molecule has 0 aliphatic rings. The number of nitrogens with two attached hydrogens (primary N) is 2. The summed E-state index contributed by atoms with van der Waals surface area (Å²) >= 11 is 0. The highest BCUT2D eigenvalue weighted by molar-refractivity contribution is 4.61. The fourth-order valence-electron chi connectivity index (χ4n) is 5.42. The second-order valence-electron chi connectivity index (χ2n) is 11.6. The average Bonchev–Trinajstić information content (AvgIpc) is 2.89. The molecule has 0 aromatic rings. The monoisotopic (exact) mass is 510 g/mol. The van der Waals surface area contributed by atoms with Gasteiger partial charge in [0.2, 0.25) is 0 Å². The van der Waals surface area contributed by atoms with Crippen molar-refractivity contribution < 1.29 is 0 Å². The van der Waals surface area contributed by atoms with E-state index in [1.54, 1.807) is 0 Å². The maximum absolute atomic E-state index is 5.63. The molecule has 0 bridgehead atoms. The van der Waals surface area contributed by atoms with Crippen LogP contribution in [0.1, 0.15) is 180 Å². The van der Waals surface area contributed by atoms with Gasteiger partial charge >= 0.3 is 0 Å². The highest BCUT2D eigenvalue weighted by Gasteiger charge is 2.05. The number of hydrogen-bond donors (Lipinski definition) is 2. The van der Waals surface area contributed by atoms with E-state index in [4.69, 9.17) is 11.5 Å². The minimum Gasteiger partial charge on any atom is -0.330 e. The maximum Gasteiger partial charge on any atom is -0.00187 e. The molecule has 0 radical (unpaired) electrons. The molecule has 3 nitrogen and oxygen atoms in total. The Morgan fingerprint density at radius 2 is 0.528 bits per heavy atom. The highest BCUT2D eigenvalue weighted by Crippen LogP contribution is 2.14. The molecule has 0 aromatic carbocycles. The number of hydrogen-bond acceptors (Lipinski definition) is 3. The molecule has 0 rings (SSSR count). The van der Waals surface area contributed by atoms with Crippen LogP contribution in [0.4, 0.5) is 0 Å². The molecular formula is C33H71N3. The topological polar surface area (TPSA) is 55.3 Å². The summed E-state index contributed by atoms with van der Waals surface area (Å²) in [6, 6.07) is 0. The van der Waals surface area contributed by atoms with Gasteiger partial charge < -0.3 is 16.4 Å². The lowest BCUT2D eigenvalue weighted by molar-refractivity contribution is 0.254. The highest BCUT2D eigenvalue weighted by atomic mass is 15.1. The quantitative estimate of drug-likeness (QED) is 0.0887. The maximum atomic E-state index is 5.63. The minimum absolute atomic E-state index is 0.858. The fourth-order valence-corrected chi connectivity index (χ4v) is 5.42. The van der Waals surface area contributed by atoms with Gasteiger partial charge in [-0.3, -0.25) is 0 Å². The Morgan fingerprint density at radius 3 is 0.778 bits per heavy atom. The van der Waals surface area contributed by atoms with E-state index in [0.717, 1.165) is 13.1 Å². The molecule has 0 fully saturated rings. The van der Waals surface area contributed by atoms with Crippen LogP contribution < -0.4 is 11.5 Å². The predicted molar refractivity (Wildman–Crippen MR) is 165 cm³/mol. The third kappa shape index (κ3) is 30.1. The van der Waals surface area contributed by atoms with E-state index in [2.05, 4.69) is 11.8 Å². The molecule has 3 heteroatoms. The normalized spacial score (nSPS) is 11.7. The van der Waals surface area contributed by atoms with Gasteiger partial charge in [-0.15, -0.1) is 0 Å². The lowest BCUT2D eigenvalue weighted by Gasteiger charge is -2.22. The number of rotatable bonds is 32. The summed E-state index contributed by atoms with van der Waals surface area (Å²) in [6.07, 6.45) is 38.0. The summed E-state index contributed by atoms with van der Waals surface area (Å²) < 4.78 is 0. The third-order valence-electron chi connectivity index (χ3n) is 7.93. The van der Waals surface area contributed by atoms with Crippen molar-refractivity contribution in [3.8, 4) is 0 Å². The van der Waals surface area contributed by atoms with Crippen molar-refractivity contribution in [2.75, 3.05) is 32.7 Å². The molecular weight excluding hydrogens is 438 g/mol. The zero-order valence-electron chi connectivity index (χ0n) is 25.2. The molecule has 0 aromatic heterocycles. The lowest BCUT2D eigenvalue weighted by Crippen LogP contribution is -2.27. The Bertz CT molecular complexity index is 374. The third-order valence-corrected chi connectivity index (χ3v) is 7.93. The van der Waals surface area contributed by atoms with E-state index < -0.39 is 0 Å². The number of unbranched alkanes of at least 4 members (excludes halogenated alkanes) is 24. The first kappa shape index (κ1) is 35.9. The standard InChI is InChI=1S/C33H71N3/c1-2-3-4-5-6-7-8-9-10-11-12-13-14-16-21-26-31-36(33-28-23-18-20-25-30-35)32-27-22-17-15-19-24-29-34/h2-35H2,1H3. The summed E-state index contributed by atoms with van der Waals surface area (Å²) in [7, 11) is 0. The smallest absolute Gasteiger partial charge is 0.00187 e. The van der Waals surface area contributed by atoms with Crippen LogP contribution >= 0.6 is 0 Å². The van der Waals surface area contributed by atoms with Crippen LogP contribution in [0.2, 0.25) is 0 Å². The van der Waals surface area contributed by atoms with Crippen LogP contribution in [0.3, 0.4) is 0 Å². The predicted octanol–water partition coefficient (Wildman–Crippen LogP) is 9.76. The van der Waals surface area contributed by atoms with Crippen molar-refractivity contribution in [3.63, 3.8) is 0 Å². The molecule has 0 atom stereocenters. The van der Waals surface area contributed by atoms with E-state index in [-0.39, 0.29) is 0 Å². The second kappa shape index (κ2) is 32.9. The van der Waals surface area contributed by atoms with Crippen LogP contribution in [0, 0.1) is 0 Å². The minimum atomic E-state index is 0.858. The zero-order chi connectivity index (χ0) is 26.2. The largest absolute Gasteiger partial charge is 0.330 e. The summed E-state index contributed by atoms with van der Waals surface area (Å²) in [5.41, 5.74) is 11.2. The van der Waals surface area contributed by atoms with E-state index in [1.807, 2.05) is 0 Å². The Labute approximate surface area is 229 Å². The van der Waals surface area contributed by atoms with E-state index in [1.165, 1.54) is 193 Å². The van der Waals surface area contributed by atoms with Gasteiger partial charge in [-0.2, -0.15) is 0 Å². The lowest BCUT2D eigenvalue weighted by atomic mass is 10.0. The van der Waals surface area contributed by atoms with Gasteiger partial charge in [0, 0.05) is 0 Å². The first-order valence-corrected chi connectivity index (χ1v) is 17.0. The molecule has 0 saturated carbocycles. The molecule has 4 N–H and O–H groups in total. The second-order valence-corrected chi connectivity index (χ2v) is 11.6. The van der Waals surface area contributed by atoms with E-state index >= 15 is 0 Å². The van der Waals surface area contributed by atoms with Gasteiger partial charge in [0.1, 0.15) is 0 Å². The Balaban J connectivity index is 3.66. The van der Waals surface area contributed by atoms with Crippen molar-refractivity contribution in [1.82, 2.24) is 4.90 Å². The van der Waals surface area contributed by atoms with E-state index in [9.17, 15) is 0 Å². The van der Waals surface area contributed by atoms with Gasteiger partial charge in [-0.05, 0) is 64.8 Å². The van der Waals surface area contributed by atoms with Crippen LogP contribution in [-0.2, 0) is 0 Å². The first-order chi connectivity index (χ1) is 17.8. The Hall–Kier alpha value is -0.120. The van der Waals surface area contributed by atoms with Gasteiger partial charge in [0.25, 0.3) is 0 Å². The molecule has 36 heavy (non-hydrogen) atoms. The SMILES string of the molecule is CCCCCCCCCCCCCCCCCCN(CCCCCCCN)CCCCCCCCN. The van der Waals surface area contributed by atoms with Gasteiger partial charge in [0.15, 0.2) is 0 Å². The van der Waals surface area contributed by atoms with Crippen molar-refractivity contribution >= 4 is 0 Å². The summed E-state index contributed by atoms with van der Waals surface area (Å²) in [5, 5.41) is 0. The van der Waals surface area contributed by atoms with Crippen molar-refractivity contribution in [1.29, 1.82) is 0 Å². The molecule has 0 spiro atoms. The molecule has 0 aliphatic carbocycles. The van der Waals surface area contributed by atoms with Crippen LogP contribution in [0.5, 0.6) is 0 Å². The number of nitrogens with zero attached hydrogens (tertiary/aromatic N) is 1. The van der Waals surface area contributed by atoms with Crippen molar-refractivity contribution in [2.45, 2.75) is 180 Å². The average molecular weight is 510 g/mol. The summed E-state index contributed by atoms with van der Waals surface area (Å²) in [5.74, 6) is 0. The fraction of sp³-hybridized carbons (Fsp3) is 1.00. The molecule has 0 unspecified atom stereocenters. The Kier molecular flexibility index (Phi) is 32.8. The summed E-state index contributed by atoms with van der Waals surface area (Å²) in [4.78, 5) is 2.78. The molecule has 0 heterocycles. The molecule has 0 amide bonds. The molecule has 0 aliphatic heterocycles. The van der Waals surface area contributed by atoms with Gasteiger partial charge in [-0.1, -0.05) is 148 Å². The van der Waals surface area contributed by atoms with Crippen LogP contribution in [0.25, 0.3) is 0 Å². The molecule has 218 valence electrons. The van der Waals surface area contributed by atoms with Gasteiger partial charge in [-0.25, -0.2) is 0 Å². The summed E-state index contributed by atoms with van der Waals surface area (Å²) in [6.45, 7) is 7.98. The first-order valence-electron chi connectivity index (χ1n) is 17.0. The molecule has 0 saturated heterocycles. The van der Waals surface area contributed by atoms with Crippen LogP contribution in [0.15, 0.2) is 0 Å².